The largest absolute Gasteiger partial charge is 0.497 e. The Bertz CT molecular complexity index is 783. The van der Waals surface area contributed by atoms with Crippen LogP contribution in [-0.2, 0) is 19.3 Å². The summed E-state index contributed by atoms with van der Waals surface area (Å²) in [5.74, 6) is 2.57. The van der Waals surface area contributed by atoms with Gasteiger partial charge in [0.05, 0.1) is 20.3 Å². The van der Waals surface area contributed by atoms with E-state index < -0.39 is 0 Å². The van der Waals surface area contributed by atoms with Crippen LogP contribution in [0.25, 0.3) is 0 Å². The van der Waals surface area contributed by atoms with Gasteiger partial charge in [0, 0.05) is 41.6 Å². The molecule has 4 rings (SSSR count). The van der Waals surface area contributed by atoms with Gasteiger partial charge in [-0.25, -0.2) is 0 Å². The molecule has 0 spiro atoms. The van der Waals surface area contributed by atoms with E-state index in [2.05, 4.69) is 11.4 Å². The molecular formula is C20H21NO4. The molecule has 130 valence electrons. The van der Waals surface area contributed by atoms with Gasteiger partial charge in [0.1, 0.15) is 17.2 Å². The maximum absolute atomic E-state index is 12.3. The van der Waals surface area contributed by atoms with Crippen LogP contribution in [0.15, 0.2) is 30.3 Å². The Kier molecular flexibility index (Phi) is 4.22. The molecule has 0 bridgehead atoms. The van der Waals surface area contributed by atoms with Crippen molar-refractivity contribution in [2.24, 2.45) is 0 Å². The number of rotatable bonds is 5. The fourth-order valence-electron chi connectivity index (χ4n) is 3.52. The summed E-state index contributed by atoms with van der Waals surface area (Å²) in [6.45, 7) is 2.01. The van der Waals surface area contributed by atoms with Crippen LogP contribution in [0.2, 0.25) is 0 Å². The molecule has 0 radical (unpaired) electrons. The molecule has 0 saturated carbocycles. The molecule has 1 N–H and O–H groups in total. The van der Waals surface area contributed by atoms with Crippen LogP contribution >= 0.6 is 0 Å². The Labute approximate surface area is 146 Å². The van der Waals surface area contributed by atoms with Gasteiger partial charge in [-0.1, -0.05) is 6.07 Å². The number of methoxy groups -OCH3 is 1. The second-order valence-electron chi connectivity index (χ2n) is 6.25. The lowest BCUT2D eigenvalue weighted by molar-refractivity contribution is 0.0953. The minimum absolute atomic E-state index is 0.0970. The summed E-state index contributed by atoms with van der Waals surface area (Å²) < 4.78 is 16.7. The average Bonchev–Trinajstić information content (AvgIpc) is 3.30. The van der Waals surface area contributed by atoms with Gasteiger partial charge < -0.3 is 19.5 Å². The highest BCUT2D eigenvalue weighted by molar-refractivity contribution is 5.94. The van der Waals surface area contributed by atoms with Crippen LogP contribution in [0.1, 0.15) is 27.0 Å². The van der Waals surface area contributed by atoms with Crippen LogP contribution < -0.4 is 19.5 Å². The van der Waals surface area contributed by atoms with Crippen LogP contribution in [0.5, 0.6) is 17.2 Å². The Hall–Kier alpha value is -2.69. The molecule has 0 atom stereocenters. The maximum atomic E-state index is 12.3. The number of hydrogen-bond donors (Lipinski definition) is 1. The molecular weight excluding hydrogens is 318 g/mol. The fourth-order valence-corrected chi connectivity index (χ4v) is 3.52. The van der Waals surface area contributed by atoms with Gasteiger partial charge in [0.15, 0.2) is 0 Å². The predicted molar refractivity (Wildman–Crippen MR) is 93.9 cm³/mol. The number of amides is 1. The van der Waals surface area contributed by atoms with Crippen LogP contribution in [0.4, 0.5) is 0 Å². The lowest BCUT2D eigenvalue weighted by atomic mass is 9.97. The molecule has 2 aromatic carbocycles. The second kappa shape index (κ2) is 6.67. The number of nitrogens with one attached hydrogen (secondary N) is 1. The van der Waals surface area contributed by atoms with Crippen molar-refractivity contribution >= 4 is 5.91 Å². The van der Waals surface area contributed by atoms with Gasteiger partial charge in [0.25, 0.3) is 5.91 Å². The molecule has 0 saturated heterocycles. The summed E-state index contributed by atoms with van der Waals surface area (Å²) >= 11 is 0. The Morgan fingerprint density at radius 2 is 2.08 bits per heavy atom. The van der Waals surface area contributed by atoms with Crippen LogP contribution in [0.3, 0.4) is 0 Å². The fraction of sp³-hybridized carbons (Fsp3) is 0.350. The highest BCUT2D eigenvalue weighted by Crippen LogP contribution is 2.40. The first-order chi connectivity index (χ1) is 12.3. The van der Waals surface area contributed by atoms with Gasteiger partial charge in [-0.2, -0.15) is 0 Å². The van der Waals surface area contributed by atoms with Crippen molar-refractivity contribution in [1.29, 1.82) is 0 Å². The third kappa shape index (κ3) is 3.02. The zero-order valence-corrected chi connectivity index (χ0v) is 14.3. The van der Waals surface area contributed by atoms with Crippen molar-refractivity contribution in [3.05, 3.63) is 52.6 Å². The zero-order chi connectivity index (χ0) is 17.2. The molecule has 0 aromatic heterocycles. The lowest BCUT2D eigenvalue weighted by Gasteiger charge is -2.13. The lowest BCUT2D eigenvalue weighted by Crippen LogP contribution is -2.26. The molecule has 2 aromatic rings. The number of hydrogen-bond acceptors (Lipinski definition) is 4. The zero-order valence-electron chi connectivity index (χ0n) is 14.3. The van der Waals surface area contributed by atoms with E-state index in [-0.39, 0.29) is 5.91 Å². The number of carbonyl (C=O) groups excluding carboxylic acids is 1. The molecule has 5 heteroatoms. The third-order valence-corrected chi connectivity index (χ3v) is 4.75. The van der Waals surface area contributed by atoms with E-state index in [4.69, 9.17) is 14.2 Å². The predicted octanol–water partition coefficient (Wildman–Crippen LogP) is 2.54. The highest BCUT2D eigenvalue weighted by atomic mass is 16.5. The van der Waals surface area contributed by atoms with Gasteiger partial charge in [0.2, 0.25) is 0 Å². The first-order valence-electron chi connectivity index (χ1n) is 8.62. The molecule has 25 heavy (non-hydrogen) atoms. The summed E-state index contributed by atoms with van der Waals surface area (Å²) in [7, 11) is 1.59. The van der Waals surface area contributed by atoms with Crippen LogP contribution in [-0.4, -0.2) is 32.8 Å². The van der Waals surface area contributed by atoms with Crippen molar-refractivity contribution in [3.63, 3.8) is 0 Å². The van der Waals surface area contributed by atoms with E-state index in [0.29, 0.717) is 17.9 Å². The third-order valence-electron chi connectivity index (χ3n) is 4.75. The van der Waals surface area contributed by atoms with Crippen molar-refractivity contribution in [1.82, 2.24) is 5.32 Å². The summed E-state index contributed by atoms with van der Waals surface area (Å²) in [5, 5.41) is 2.99. The standard InChI is InChI=1S/C20H21NO4/c1-23-15-4-2-3-14(11-15)20(22)21-8-5-17-16-7-10-24-18(16)12-13-6-9-25-19(13)17/h2-4,11-12H,5-10H2,1H3,(H,21,22). The SMILES string of the molecule is COc1cccc(C(=O)NCCc2c3c(cc4c2OCC4)OCC3)c1. The smallest absolute Gasteiger partial charge is 0.251 e. The van der Waals surface area contributed by atoms with Gasteiger partial charge >= 0.3 is 0 Å². The molecule has 2 heterocycles. The maximum Gasteiger partial charge on any atom is 0.251 e. The van der Waals surface area contributed by atoms with Gasteiger partial charge in [-0.05, 0) is 30.7 Å². The number of ether oxygens (including phenoxy) is 3. The molecule has 2 aliphatic rings. The molecule has 2 aliphatic heterocycles. The van der Waals surface area contributed by atoms with E-state index in [1.165, 1.54) is 16.7 Å². The van der Waals surface area contributed by atoms with Crippen molar-refractivity contribution in [2.45, 2.75) is 19.3 Å². The normalized spacial score (nSPS) is 14.3. The average molecular weight is 339 g/mol. The van der Waals surface area contributed by atoms with E-state index in [0.717, 1.165) is 44.0 Å². The summed E-state index contributed by atoms with van der Waals surface area (Å²) in [4.78, 5) is 12.3. The van der Waals surface area contributed by atoms with Crippen molar-refractivity contribution < 1.29 is 19.0 Å². The molecule has 5 nitrogen and oxygen atoms in total. The Morgan fingerprint density at radius 1 is 1.20 bits per heavy atom. The first-order valence-corrected chi connectivity index (χ1v) is 8.62. The number of carbonyl (C=O) groups is 1. The van der Waals surface area contributed by atoms with E-state index in [1.807, 2.05) is 12.1 Å². The van der Waals surface area contributed by atoms with Crippen LogP contribution in [0, 0.1) is 0 Å². The van der Waals surface area contributed by atoms with E-state index in [1.54, 1.807) is 19.2 Å². The molecule has 0 aliphatic carbocycles. The summed E-state index contributed by atoms with van der Waals surface area (Å²) in [5.41, 5.74) is 4.24. The first kappa shape index (κ1) is 15.8. The topological polar surface area (TPSA) is 56.8 Å². The van der Waals surface area contributed by atoms with E-state index >= 15 is 0 Å². The quantitative estimate of drug-likeness (QED) is 0.909. The monoisotopic (exact) mass is 339 g/mol. The van der Waals surface area contributed by atoms with Crippen molar-refractivity contribution in [3.8, 4) is 17.2 Å². The van der Waals surface area contributed by atoms with Gasteiger partial charge in [-0.3, -0.25) is 4.79 Å². The highest BCUT2D eigenvalue weighted by Gasteiger charge is 2.26. The number of benzene rings is 2. The van der Waals surface area contributed by atoms with E-state index in [9.17, 15) is 4.79 Å². The van der Waals surface area contributed by atoms with Gasteiger partial charge in [-0.15, -0.1) is 0 Å². The second-order valence-corrected chi connectivity index (χ2v) is 6.25. The minimum Gasteiger partial charge on any atom is -0.497 e. The van der Waals surface area contributed by atoms with Crippen molar-refractivity contribution in [2.75, 3.05) is 26.9 Å². The molecule has 0 unspecified atom stereocenters. The minimum atomic E-state index is -0.0970. The summed E-state index contributed by atoms with van der Waals surface area (Å²) in [6.07, 6.45) is 2.57. The molecule has 1 amide bonds. The molecule has 0 fully saturated rings. The number of fused-ring (bicyclic) bond motifs is 2. The summed E-state index contributed by atoms with van der Waals surface area (Å²) in [6, 6.07) is 9.28. The Morgan fingerprint density at radius 3 is 2.96 bits per heavy atom. The Balaban J connectivity index is 1.46.